The molecule has 106 valence electrons. The zero-order valence-electron chi connectivity index (χ0n) is 10.9. The molecule has 0 atom stereocenters. The van der Waals surface area contributed by atoms with Crippen LogP contribution in [0.25, 0.3) is 0 Å². The maximum atomic E-state index is 12.2. The summed E-state index contributed by atoms with van der Waals surface area (Å²) in [4.78, 5) is 18.8. The van der Waals surface area contributed by atoms with Crippen LogP contribution in [0.15, 0.2) is 33.4 Å². The summed E-state index contributed by atoms with van der Waals surface area (Å²) in [6, 6.07) is 8.10. The lowest BCUT2D eigenvalue weighted by Gasteiger charge is -2.34. The van der Waals surface area contributed by atoms with Crippen molar-refractivity contribution in [2.24, 2.45) is 0 Å². The van der Waals surface area contributed by atoms with Crippen molar-refractivity contribution in [2.75, 3.05) is 26.2 Å². The second kappa shape index (κ2) is 6.39. The summed E-state index contributed by atoms with van der Waals surface area (Å²) in [5.74, 6) is 0.179. The van der Waals surface area contributed by atoms with Gasteiger partial charge in [0.05, 0.1) is 8.66 Å². The molecular weight excluding hydrogens is 356 g/mol. The minimum absolute atomic E-state index is 0.179. The number of piperazine rings is 1. The fourth-order valence-corrected chi connectivity index (χ4v) is 4.54. The molecule has 1 aliphatic heterocycles. The number of carbonyl (C=O) groups is 1. The van der Waals surface area contributed by atoms with Gasteiger partial charge in [0.1, 0.15) is 0 Å². The fourth-order valence-electron chi connectivity index (χ4n) is 2.32. The zero-order chi connectivity index (χ0) is 13.9. The van der Waals surface area contributed by atoms with Crippen molar-refractivity contribution in [1.29, 1.82) is 0 Å². The van der Waals surface area contributed by atoms with E-state index in [2.05, 4.69) is 33.0 Å². The molecule has 0 aromatic carbocycles. The van der Waals surface area contributed by atoms with Crippen molar-refractivity contribution in [3.8, 4) is 0 Å². The van der Waals surface area contributed by atoms with Gasteiger partial charge in [-0.05, 0) is 39.5 Å². The van der Waals surface area contributed by atoms with Crippen LogP contribution < -0.4 is 0 Å². The summed E-state index contributed by atoms with van der Waals surface area (Å²) < 4.78 is 1.18. The molecule has 1 saturated heterocycles. The molecule has 1 amide bonds. The van der Waals surface area contributed by atoms with E-state index in [1.54, 1.807) is 11.3 Å². The topological polar surface area (TPSA) is 23.6 Å². The predicted octanol–water partition coefficient (Wildman–Crippen LogP) is 3.53. The van der Waals surface area contributed by atoms with Crippen LogP contribution in [0.5, 0.6) is 0 Å². The normalized spacial score (nSPS) is 16.6. The fraction of sp³-hybridized carbons (Fsp3) is 0.357. The summed E-state index contributed by atoms with van der Waals surface area (Å²) in [5.41, 5.74) is 0. The first kappa shape index (κ1) is 14.3. The molecule has 0 radical (unpaired) electrons. The molecule has 2 aromatic heterocycles. The highest BCUT2D eigenvalue weighted by Crippen LogP contribution is 2.24. The molecule has 0 aliphatic carbocycles. The molecule has 0 bridgehead atoms. The lowest BCUT2D eigenvalue weighted by atomic mass is 10.3. The monoisotopic (exact) mass is 370 g/mol. The number of hydrogen-bond donors (Lipinski definition) is 0. The highest BCUT2D eigenvalue weighted by Gasteiger charge is 2.22. The Morgan fingerprint density at radius 2 is 2.00 bits per heavy atom. The lowest BCUT2D eigenvalue weighted by Crippen LogP contribution is -2.48. The highest BCUT2D eigenvalue weighted by molar-refractivity contribution is 9.11. The van der Waals surface area contributed by atoms with E-state index < -0.39 is 0 Å². The molecule has 1 fully saturated rings. The standard InChI is InChI=1S/C14H15BrN2OS2/c15-13-4-3-11(20-13)10-16-5-7-17(8-6-16)14(18)12-2-1-9-19-12/h1-4,9H,5-8,10H2. The third-order valence-electron chi connectivity index (χ3n) is 3.40. The van der Waals surface area contributed by atoms with E-state index in [-0.39, 0.29) is 5.91 Å². The summed E-state index contributed by atoms with van der Waals surface area (Å²) in [7, 11) is 0. The van der Waals surface area contributed by atoms with Gasteiger partial charge in [-0.2, -0.15) is 0 Å². The molecule has 3 heterocycles. The van der Waals surface area contributed by atoms with E-state index in [0.29, 0.717) is 0 Å². The molecule has 0 N–H and O–H groups in total. The predicted molar refractivity (Wildman–Crippen MR) is 87.5 cm³/mol. The maximum absolute atomic E-state index is 12.2. The van der Waals surface area contributed by atoms with Crippen LogP contribution in [0.3, 0.4) is 0 Å². The Balaban J connectivity index is 1.53. The minimum Gasteiger partial charge on any atom is -0.335 e. The summed E-state index contributed by atoms with van der Waals surface area (Å²) in [5, 5.41) is 1.96. The van der Waals surface area contributed by atoms with Gasteiger partial charge in [0.15, 0.2) is 0 Å². The number of amides is 1. The van der Waals surface area contributed by atoms with Crippen molar-refractivity contribution in [3.05, 3.63) is 43.2 Å². The Morgan fingerprint density at radius 1 is 1.20 bits per heavy atom. The molecule has 3 nitrogen and oxygen atoms in total. The lowest BCUT2D eigenvalue weighted by molar-refractivity contribution is 0.0634. The number of nitrogens with zero attached hydrogens (tertiary/aromatic N) is 2. The van der Waals surface area contributed by atoms with E-state index >= 15 is 0 Å². The van der Waals surface area contributed by atoms with Gasteiger partial charge in [-0.15, -0.1) is 22.7 Å². The average Bonchev–Trinajstić information content (AvgIpc) is 3.11. The third kappa shape index (κ3) is 3.31. The summed E-state index contributed by atoms with van der Waals surface area (Å²) in [6.45, 7) is 4.53. The molecule has 6 heteroatoms. The van der Waals surface area contributed by atoms with Crippen molar-refractivity contribution in [3.63, 3.8) is 0 Å². The van der Waals surface area contributed by atoms with Gasteiger partial charge in [-0.1, -0.05) is 6.07 Å². The van der Waals surface area contributed by atoms with E-state index in [0.717, 1.165) is 37.6 Å². The molecule has 20 heavy (non-hydrogen) atoms. The first-order chi connectivity index (χ1) is 9.72. The average molecular weight is 371 g/mol. The second-order valence-electron chi connectivity index (χ2n) is 4.75. The third-order valence-corrected chi connectivity index (χ3v) is 5.87. The largest absolute Gasteiger partial charge is 0.335 e. The Morgan fingerprint density at radius 3 is 2.60 bits per heavy atom. The van der Waals surface area contributed by atoms with Crippen molar-refractivity contribution < 1.29 is 4.79 Å². The molecule has 1 aliphatic rings. The Kier molecular flexibility index (Phi) is 4.55. The molecule has 0 unspecified atom stereocenters. The van der Waals surface area contributed by atoms with Crippen LogP contribution in [-0.2, 0) is 6.54 Å². The van der Waals surface area contributed by atoms with E-state index in [1.165, 1.54) is 20.0 Å². The number of rotatable bonds is 3. The van der Waals surface area contributed by atoms with E-state index in [9.17, 15) is 4.79 Å². The van der Waals surface area contributed by atoms with Crippen LogP contribution in [-0.4, -0.2) is 41.9 Å². The molecule has 0 saturated carbocycles. The van der Waals surface area contributed by atoms with Crippen molar-refractivity contribution >= 4 is 44.5 Å². The van der Waals surface area contributed by atoms with Crippen molar-refractivity contribution in [2.45, 2.75) is 6.54 Å². The maximum Gasteiger partial charge on any atom is 0.264 e. The van der Waals surface area contributed by atoms with Gasteiger partial charge in [0.25, 0.3) is 5.91 Å². The molecule has 2 aromatic rings. The first-order valence-corrected chi connectivity index (χ1v) is 9.00. The van der Waals surface area contributed by atoms with E-state index in [4.69, 9.17) is 0 Å². The van der Waals surface area contributed by atoms with Crippen LogP contribution in [0.4, 0.5) is 0 Å². The first-order valence-electron chi connectivity index (χ1n) is 6.52. The van der Waals surface area contributed by atoms with Crippen LogP contribution >= 0.6 is 38.6 Å². The minimum atomic E-state index is 0.179. The quantitative estimate of drug-likeness (QED) is 0.824. The van der Waals surface area contributed by atoms with Crippen LogP contribution in [0.1, 0.15) is 14.5 Å². The highest BCUT2D eigenvalue weighted by atomic mass is 79.9. The van der Waals surface area contributed by atoms with Crippen molar-refractivity contribution in [1.82, 2.24) is 9.80 Å². The second-order valence-corrected chi connectivity index (χ2v) is 8.25. The van der Waals surface area contributed by atoms with Crippen LogP contribution in [0, 0.1) is 0 Å². The molecule has 0 spiro atoms. The van der Waals surface area contributed by atoms with Gasteiger partial charge in [0, 0.05) is 37.6 Å². The zero-order valence-corrected chi connectivity index (χ0v) is 14.1. The summed E-state index contributed by atoms with van der Waals surface area (Å²) in [6.07, 6.45) is 0. The van der Waals surface area contributed by atoms with Gasteiger partial charge >= 0.3 is 0 Å². The molecular formula is C14H15BrN2OS2. The smallest absolute Gasteiger partial charge is 0.264 e. The number of halogens is 1. The number of thiophene rings is 2. The molecule has 3 rings (SSSR count). The van der Waals surface area contributed by atoms with E-state index in [1.807, 2.05) is 22.4 Å². The van der Waals surface area contributed by atoms with Gasteiger partial charge < -0.3 is 4.90 Å². The SMILES string of the molecule is O=C(c1cccs1)N1CCN(Cc2ccc(Br)s2)CC1. The van der Waals surface area contributed by atoms with Gasteiger partial charge in [0.2, 0.25) is 0 Å². The van der Waals surface area contributed by atoms with Gasteiger partial charge in [-0.25, -0.2) is 0 Å². The Hall–Kier alpha value is -0.690. The summed E-state index contributed by atoms with van der Waals surface area (Å²) >= 11 is 6.80. The number of carbonyl (C=O) groups excluding carboxylic acids is 1. The van der Waals surface area contributed by atoms with Gasteiger partial charge in [-0.3, -0.25) is 9.69 Å². The van der Waals surface area contributed by atoms with Crippen LogP contribution in [0.2, 0.25) is 0 Å². The number of hydrogen-bond acceptors (Lipinski definition) is 4. The Bertz CT molecular complexity index is 574. The Labute approximate surface area is 135 Å².